The summed E-state index contributed by atoms with van der Waals surface area (Å²) < 4.78 is 58.6. The molecule has 28 heavy (non-hydrogen) atoms. The van der Waals surface area contributed by atoms with Crippen molar-refractivity contribution in [3.8, 4) is 5.75 Å². The number of sulfonamides is 1. The lowest BCUT2D eigenvalue weighted by atomic mass is 9.98. The molecule has 2 aromatic carbocycles. The minimum atomic E-state index is -3.76. The zero-order valence-electron chi connectivity index (χ0n) is 15.2. The summed E-state index contributed by atoms with van der Waals surface area (Å²) in [6, 6.07) is 8.74. The van der Waals surface area contributed by atoms with Crippen LogP contribution in [0.1, 0.15) is 12.8 Å². The van der Waals surface area contributed by atoms with E-state index in [2.05, 4.69) is 5.32 Å². The maximum Gasteiger partial charge on any atom is 0.243 e. The van der Waals surface area contributed by atoms with E-state index in [-0.39, 0.29) is 17.1 Å². The molecule has 1 N–H and O–H groups in total. The van der Waals surface area contributed by atoms with E-state index in [1.165, 1.54) is 23.5 Å². The number of nitrogens with zero attached hydrogens (tertiary/aromatic N) is 1. The van der Waals surface area contributed by atoms with E-state index in [1.807, 2.05) is 0 Å². The Morgan fingerprint density at radius 2 is 1.79 bits per heavy atom. The number of rotatable bonds is 5. The summed E-state index contributed by atoms with van der Waals surface area (Å²) in [6.45, 7) is 0.296. The monoisotopic (exact) mass is 410 g/mol. The zero-order chi connectivity index (χ0) is 20.3. The summed E-state index contributed by atoms with van der Waals surface area (Å²) in [6.07, 6.45) is 0.989. The second-order valence-electron chi connectivity index (χ2n) is 6.53. The van der Waals surface area contributed by atoms with Crippen molar-refractivity contribution in [1.29, 1.82) is 0 Å². The highest BCUT2D eigenvalue weighted by molar-refractivity contribution is 7.89. The summed E-state index contributed by atoms with van der Waals surface area (Å²) in [5.74, 6) is -2.16. The molecule has 9 heteroatoms. The van der Waals surface area contributed by atoms with E-state index in [4.69, 9.17) is 4.74 Å². The lowest BCUT2D eigenvalue weighted by Crippen LogP contribution is -2.43. The summed E-state index contributed by atoms with van der Waals surface area (Å²) in [5.41, 5.74) is -0.00219. The van der Waals surface area contributed by atoms with Crippen molar-refractivity contribution >= 4 is 21.6 Å². The van der Waals surface area contributed by atoms with Crippen LogP contribution in [0.15, 0.2) is 47.4 Å². The molecule has 0 bridgehead atoms. The predicted molar refractivity (Wildman–Crippen MR) is 99.5 cm³/mol. The van der Waals surface area contributed by atoms with Crippen LogP contribution in [-0.4, -0.2) is 38.8 Å². The number of piperidine rings is 1. The van der Waals surface area contributed by atoms with Crippen molar-refractivity contribution in [2.24, 2.45) is 5.92 Å². The second kappa shape index (κ2) is 8.24. The number of halogens is 2. The minimum Gasteiger partial charge on any atom is -0.497 e. The van der Waals surface area contributed by atoms with Gasteiger partial charge >= 0.3 is 0 Å². The molecule has 1 aliphatic rings. The first-order valence-electron chi connectivity index (χ1n) is 8.71. The molecule has 0 saturated carbocycles. The van der Waals surface area contributed by atoms with E-state index in [0.717, 1.165) is 12.1 Å². The van der Waals surface area contributed by atoms with E-state index in [9.17, 15) is 22.0 Å². The summed E-state index contributed by atoms with van der Waals surface area (Å²) >= 11 is 0. The maximum atomic E-state index is 13.3. The van der Waals surface area contributed by atoms with Gasteiger partial charge in [-0.1, -0.05) is 0 Å². The second-order valence-corrected chi connectivity index (χ2v) is 8.46. The van der Waals surface area contributed by atoms with Gasteiger partial charge in [0, 0.05) is 24.8 Å². The van der Waals surface area contributed by atoms with Crippen LogP contribution >= 0.6 is 0 Å². The molecule has 0 aliphatic carbocycles. The third-order valence-electron chi connectivity index (χ3n) is 4.58. The summed E-state index contributed by atoms with van der Waals surface area (Å²) in [5, 5.41) is 2.46. The number of hydrogen-bond donors (Lipinski definition) is 1. The molecular formula is C19H20F2N2O4S. The number of methoxy groups -OCH3 is 1. The Balaban J connectivity index is 1.72. The first kappa shape index (κ1) is 20.2. The van der Waals surface area contributed by atoms with Gasteiger partial charge in [-0.3, -0.25) is 4.79 Å². The largest absolute Gasteiger partial charge is 0.497 e. The van der Waals surface area contributed by atoms with Gasteiger partial charge in [-0.05, 0) is 49.2 Å². The number of benzene rings is 2. The Morgan fingerprint density at radius 3 is 2.39 bits per heavy atom. The lowest BCUT2D eigenvalue weighted by Gasteiger charge is -2.31. The first-order chi connectivity index (χ1) is 13.3. The Hall–Kier alpha value is -2.52. The molecule has 1 heterocycles. The van der Waals surface area contributed by atoms with Crippen LogP contribution in [-0.2, 0) is 14.8 Å². The molecule has 0 spiro atoms. The highest BCUT2D eigenvalue weighted by Crippen LogP contribution is 2.26. The number of ether oxygens (including phenoxy) is 1. The van der Waals surface area contributed by atoms with E-state index in [0.29, 0.717) is 31.2 Å². The van der Waals surface area contributed by atoms with Crippen LogP contribution in [0.25, 0.3) is 0 Å². The number of hydrogen-bond acceptors (Lipinski definition) is 4. The lowest BCUT2D eigenvalue weighted by molar-refractivity contribution is -0.120. The van der Waals surface area contributed by atoms with Crippen LogP contribution in [0.5, 0.6) is 5.75 Å². The predicted octanol–water partition coefficient (Wildman–Crippen LogP) is 3.01. The average Bonchev–Trinajstić information content (AvgIpc) is 2.67. The molecule has 2 aromatic rings. The molecule has 6 nitrogen and oxygen atoms in total. The number of anilines is 1. The molecule has 0 radical (unpaired) electrons. The number of amides is 1. The molecule has 1 unspecified atom stereocenters. The first-order valence-corrected chi connectivity index (χ1v) is 10.1. The topological polar surface area (TPSA) is 75.7 Å². The Bertz CT molecular complexity index is 944. The number of carbonyl (C=O) groups excluding carboxylic acids is 1. The summed E-state index contributed by atoms with van der Waals surface area (Å²) in [4.78, 5) is 12.6. The van der Waals surface area contributed by atoms with E-state index < -0.39 is 33.5 Å². The number of nitrogens with one attached hydrogen (secondary N) is 1. The van der Waals surface area contributed by atoms with Crippen molar-refractivity contribution in [2.45, 2.75) is 17.7 Å². The van der Waals surface area contributed by atoms with Crippen LogP contribution in [0.3, 0.4) is 0 Å². The normalized spacial score (nSPS) is 17.9. The molecule has 150 valence electrons. The standard InChI is InChI=1S/C19H20F2N2O4S/c1-27-17-4-6-18(7-5-17)28(25,26)23-8-2-3-13(12-23)19(24)22-16-10-14(20)9-15(21)11-16/h4-7,9-11,13H,2-3,8,12H2,1H3,(H,22,24). The number of carbonyl (C=O) groups is 1. The van der Waals surface area contributed by atoms with Crippen molar-refractivity contribution in [3.05, 3.63) is 54.1 Å². The molecule has 1 aliphatic heterocycles. The smallest absolute Gasteiger partial charge is 0.243 e. The Morgan fingerprint density at radius 1 is 1.14 bits per heavy atom. The molecule has 3 rings (SSSR count). The molecule has 1 saturated heterocycles. The molecule has 0 aromatic heterocycles. The maximum absolute atomic E-state index is 13.3. The third kappa shape index (κ3) is 4.48. The van der Waals surface area contributed by atoms with Crippen molar-refractivity contribution in [2.75, 3.05) is 25.5 Å². The van der Waals surface area contributed by atoms with Crippen LogP contribution in [0.2, 0.25) is 0 Å². The zero-order valence-corrected chi connectivity index (χ0v) is 16.0. The van der Waals surface area contributed by atoms with Crippen molar-refractivity contribution in [1.82, 2.24) is 4.31 Å². The van der Waals surface area contributed by atoms with Gasteiger partial charge in [0.25, 0.3) is 0 Å². The average molecular weight is 410 g/mol. The van der Waals surface area contributed by atoms with Gasteiger partial charge < -0.3 is 10.1 Å². The van der Waals surface area contributed by atoms with Gasteiger partial charge in [-0.15, -0.1) is 0 Å². The molecular weight excluding hydrogens is 390 g/mol. The van der Waals surface area contributed by atoms with Gasteiger partial charge in [0.05, 0.1) is 17.9 Å². The Labute approximate surface area is 162 Å². The fraction of sp³-hybridized carbons (Fsp3) is 0.316. The summed E-state index contributed by atoms with van der Waals surface area (Å²) in [7, 11) is -2.27. The third-order valence-corrected chi connectivity index (χ3v) is 6.46. The quantitative estimate of drug-likeness (QED) is 0.822. The van der Waals surface area contributed by atoms with Crippen molar-refractivity contribution in [3.63, 3.8) is 0 Å². The minimum absolute atomic E-state index is 0.00199. The highest BCUT2D eigenvalue weighted by atomic mass is 32.2. The van der Waals surface area contributed by atoms with Crippen molar-refractivity contribution < 1.29 is 26.7 Å². The molecule has 1 fully saturated rings. The fourth-order valence-electron chi connectivity index (χ4n) is 3.14. The van der Waals surface area contributed by atoms with Gasteiger partial charge in [0.15, 0.2) is 0 Å². The molecule has 1 atom stereocenters. The van der Waals surface area contributed by atoms with Crippen LogP contribution in [0.4, 0.5) is 14.5 Å². The van der Waals surface area contributed by atoms with E-state index >= 15 is 0 Å². The SMILES string of the molecule is COc1ccc(S(=O)(=O)N2CCCC(C(=O)Nc3cc(F)cc(F)c3)C2)cc1. The Kier molecular flexibility index (Phi) is 5.95. The van der Waals surface area contributed by atoms with E-state index in [1.54, 1.807) is 12.1 Å². The van der Waals surface area contributed by atoms with Gasteiger partial charge in [0.1, 0.15) is 17.4 Å². The molecule has 1 amide bonds. The van der Waals surface area contributed by atoms with Gasteiger partial charge in [-0.25, -0.2) is 17.2 Å². The fourth-order valence-corrected chi connectivity index (χ4v) is 4.67. The van der Waals surface area contributed by atoms with Gasteiger partial charge in [-0.2, -0.15) is 4.31 Å². The van der Waals surface area contributed by atoms with Crippen LogP contribution < -0.4 is 10.1 Å². The van der Waals surface area contributed by atoms with Gasteiger partial charge in [0.2, 0.25) is 15.9 Å². The highest BCUT2D eigenvalue weighted by Gasteiger charge is 2.33. The van der Waals surface area contributed by atoms with Crippen LogP contribution in [0, 0.1) is 17.6 Å².